The van der Waals surface area contributed by atoms with Crippen molar-refractivity contribution < 1.29 is 45.7 Å². The van der Waals surface area contributed by atoms with Crippen LogP contribution in [0.2, 0.25) is 0 Å². The van der Waals surface area contributed by atoms with Crippen LogP contribution in [-0.2, 0) is 29.6 Å². The highest BCUT2D eigenvalue weighted by Crippen LogP contribution is 2.45. The molecule has 3 aromatic carbocycles. The maximum atomic E-state index is 11.9. The van der Waals surface area contributed by atoms with Crippen molar-refractivity contribution in [3.63, 3.8) is 0 Å². The van der Waals surface area contributed by atoms with Gasteiger partial charge < -0.3 is 10.8 Å². The third kappa shape index (κ3) is 5.77. The first-order valence-corrected chi connectivity index (χ1v) is 12.9. The van der Waals surface area contributed by atoms with Crippen LogP contribution < -0.4 is 5.73 Å². The van der Waals surface area contributed by atoms with Gasteiger partial charge in [-0.1, -0.05) is 29.3 Å². The van der Waals surface area contributed by atoms with E-state index in [-0.39, 0.29) is 38.3 Å². The Morgan fingerprint density at radius 2 is 1.69 bits per heavy atom. The molecule has 3 aromatic rings. The maximum absolute atomic E-state index is 11.9. The minimum absolute atomic E-state index is 0.00905. The fourth-order valence-corrected chi connectivity index (χ4v) is 5.06. The number of nitrogens with two attached hydrogens (primary N) is 1. The molecule has 0 aliphatic heterocycles. The lowest BCUT2D eigenvalue weighted by atomic mass is 10.1. The fourth-order valence-electron chi connectivity index (χ4n) is 3.11. The molecule has 0 saturated heterocycles. The molecule has 16 heteroatoms. The molecule has 6 N–H and O–H groups in total. The average Bonchev–Trinajstić information content (AvgIpc) is 2.77. The van der Waals surface area contributed by atoms with Gasteiger partial charge in [0.15, 0.2) is 5.75 Å². The van der Waals surface area contributed by atoms with Crippen LogP contribution in [0.1, 0.15) is 12.5 Å². The molecule has 0 aliphatic rings. The fraction of sp³-hybridized carbons (Fsp3) is 0.0526. The molecule has 0 atom stereocenters. The second-order valence-electron chi connectivity index (χ2n) is 6.74. The van der Waals surface area contributed by atoms with Gasteiger partial charge in [-0.05, 0) is 36.8 Å². The van der Waals surface area contributed by atoms with Gasteiger partial charge in [0.25, 0.3) is 20.2 Å². The van der Waals surface area contributed by atoms with Crippen LogP contribution in [0, 0.1) is 0 Å². The number of allylic oxidation sites excluding steroid dienone is 1. The Bertz CT molecular complexity index is 1570. The normalized spacial score (nSPS) is 12.8. The lowest BCUT2D eigenvalue weighted by molar-refractivity contribution is -0.432. The second kappa shape index (κ2) is 10.3. The van der Waals surface area contributed by atoms with E-state index in [1.807, 2.05) is 0 Å². The summed E-state index contributed by atoms with van der Waals surface area (Å²) in [6, 6.07) is 7.21. The quantitative estimate of drug-likeness (QED) is 0.0662. The summed E-state index contributed by atoms with van der Waals surface area (Å²) in [7, 11) is -9.36. The van der Waals surface area contributed by atoms with Crippen LogP contribution in [-0.4, -0.2) is 36.3 Å². The van der Waals surface area contributed by atoms with Crippen molar-refractivity contribution in [1.82, 2.24) is 0 Å². The van der Waals surface area contributed by atoms with Crippen LogP contribution in [0.15, 0.2) is 67.4 Å². The third-order valence-corrected chi connectivity index (χ3v) is 6.99. The molecule has 0 saturated carbocycles. The summed E-state index contributed by atoms with van der Waals surface area (Å²) in [6.45, 7) is 1.66. The highest BCUT2D eigenvalue weighted by molar-refractivity contribution is 7.94. The minimum Gasteiger partial charge on any atom is -0.505 e. The average molecular weight is 544 g/mol. The van der Waals surface area contributed by atoms with Gasteiger partial charge in [-0.3, -0.25) is 9.11 Å². The molecule has 0 aliphatic carbocycles. The van der Waals surface area contributed by atoms with E-state index in [0.717, 1.165) is 12.1 Å². The summed E-state index contributed by atoms with van der Waals surface area (Å²) >= 11 is 0.302. The molecule has 3 rings (SSSR count). The van der Waals surface area contributed by atoms with Crippen LogP contribution in [0.4, 0.5) is 17.1 Å². The number of hydrogen-bond donors (Lipinski definition) is 5. The first-order valence-electron chi connectivity index (χ1n) is 9.25. The highest BCUT2D eigenvalue weighted by atomic mass is 32.2. The van der Waals surface area contributed by atoms with E-state index in [0.29, 0.717) is 12.0 Å². The van der Waals surface area contributed by atoms with Gasteiger partial charge in [0.2, 0.25) is 0 Å². The zero-order valence-corrected chi connectivity index (χ0v) is 20.0. The summed E-state index contributed by atoms with van der Waals surface area (Å²) in [5, 5.41) is 29.9. The van der Waals surface area contributed by atoms with Crippen molar-refractivity contribution >= 4 is 66.2 Å². The molecule has 0 aromatic heterocycles. The predicted octanol–water partition coefficient (Wildman–Crippen LogP) is 4.50. The van der Waals surface area contributed by atoms with E-state index in [2.05, 4.69) is 19.6 Å². The van der Waals surface area contributed by atoms with Crippen molar-refractivity contribution in [3.8, 4) is 5.75 Å². The topological polar surface area (TPSA) is 218 Å². The zero-order chi connectivity index (χ0) is 26.0. The highest BCUT2D eigenvalue weighted by Gasteiger charge is 2.23. The Morgan fingerprint density at radius 1 is 1.00 bits per heavy atom. The van der Waals surface area contributed by atoms with Crippen molar-refractivity contribution in [3.05, 3.63) is 48.0 Å². The lowest BCUT2D eigenvalue weighted by Gasteiger charge is -2.13. The van der Waals surface area contributed by atoms with Crippen molar-refractivity contribution in [2.24, 2.45) is 10.2 Å². The first-order chi connectivity index (χ1) is 16.4. The molecule has 0 spiro atoms. The number of nitrogen functional groups attached to an aromatic ring is 1. The van der Waals surface area contributed by atoms with Gasteiger partial charge >= 0.3 is 0 Å². The van der Waals surface area contributed by atoms with Crippen molar-refractivity contribution in [2.75, 3.05) is 5.73 Å². The summed E-state index contributed by atoms with van der Waals surface area (Å²) in [5.41, 5.74) is 5.84. The van der Waals surface area contributed by atoms with E-state index < -0.39 is 35.8 Å². The first kappa shape index (κ1) is 26.5. The Hall–Kier alpha value is -3.09. The van der Waals surface area contributed by atoms with Gasteiger partial charge in [0.05, 0.1) is 33.7 Å². The molecule has 0 amide bonds. The molecule has 0 heterocycles. The van der Waals surface area contributed by atoms with Crippen LogP contribution in [0.5, 0.6) is 5.75 Å². The van der Waals surface area contributed by atoms with Gasteiger partial charge in [0.1, 0.15) is 15.5 Å². The number of hydrogen-bond acceptors (Lipinski definition) is 12. The smallest absolute Gasteiger partial charge is 0.295 e. The number of nitrogens with zero attached hydrogens (tertiary/aromatic N) is 2. The van der Waals surface area contributed by atoms with E-state index in [1.54, 1.807) is 13.0 Å². The monoisotopic (exact) mass is 543 g/mol. The number of azo groups is 1. The number of phenolic OH excluding ortho intramolecular Hbond substituents is 1. The standard InChI is InChI=1S/C19H17N3O10S3/c1-2-3-10-4-5-11(8-15(10)34(25,26)27)21-22-13-7-6-12-16(35(28,29)30)9-14(33-32-31-24)18(20)17(12)19(13)23/h2-9,23-24H,20H2,1H3,(H,25,26,27)(H,28,29,30)/b3-2+,22-21?. The lowest BCUT2D eigenvalue weighted by Crippen LogP contribution is -2.02. The van der Waals surface area contributed by atoms with Crippen molar-refractivity contribution in [1.29, 1.82) is 0 Å². The predicted molar refractivity (Wildman–Crippen MR) is 126 cm³/mol. The van der Waals surface area contributed by atoms with E-state index in [9.17, 15) is 31.0 Å². The number of benzene rings is 3. The molecule has 0 radical (unpaired) electrons. The minimum atomic E-state index is -4.79. The van der Waals surface area contributed by atoms with Crippen molar-refractivity contribution in [2.45, 2.75) is 21.6 Å². The molecular formula is C19H17N3O10S3. The van der Waals surface area contributed by atoms with Gasteiger partial charge in [-0.15, -0.1) is 9.45 Å². The van der Waals surface area contributed by atoms with E-state index >= 15 is 0 Å². The number of anilines is 1. The molecule has 35 heavy (non-hydrogen) atoms. The van der Waals surface area contributed by atoms with Gasteiger partial charge in [-0.2, -0.15) is 21.9 Å². The Morgan fingerprint density at radius 3 is 2.29 bits per heavy atom. The molecule has 0 fully saturated rings. The summed E-state index contributed by atoms with van der Waals surface area (Å²) in [6.07, 6.45) is 3.05. The zero-order valence-electron chi connectivity index (χ0n) is 17.6. The SMILES string of the molecule is C/C=C/c1ccc(N=Nc2ccc3c(S(=O)(=O)O)cc(SOOO)c(N)c3c2O)cc1S(=O)(=O)O. The third-order valence-electron chi connectivity index (χ3n) is 4.55. The molecule has 0 unspecified atom stereocenters. The largest absolute Gasteiger partial charge is 0.505 e. The number of aromatic hydroxyl groups is 1. The molecule has 0 bridgehead atoms. The van der Waals surface area contributed by atoms with E-state index in [1.165, 1.54) is 30.3 Å². The molecule has 186 valence electrons. The Balaban J connectivity index is 2.18. The molecular weight excluding hydrogens is 526 g/mol. The van der Waals surface area contributed by atoms with E-state index in [4.69, 9.17) is 11.0 Å². The number of rotatable bonds is 8. The van der Waals surface area contributed by atoms with Gasteiger partial charge in [-0.25, -0.2) is 5.26 Å². The Kier molecular flexibility index (Phi) is 7.77. The van der Waals surface area contributed by atoms with Crippen LogP contribution in [0.3, 0.4) is 0 Å². The van der Waals surface area contributed by atoms with Crippen LogP contribution in [0.25, 0.3) is 16.8 Å². The van der Waals surface area contributed by atoms with Crippen LogP contribution >= 0.6 is 12.0 Å². The maximum Gasteiger partial charge on any atom is 0.295 e. The number of phenols is 1. The summed E-state index contributed by atoms with van der Waals surface area (Å²) in [4.78, 5) is -1.17. The summed E-state index contributed by atoms with van der Waals surface area (Å²) < 4.78 is 70.5. The Labute approximate surface area is 203 Å². The second-order valence-corrected chi connectivity index (χ2v) is 10.3. The van der Waals surface area contributed by atoms with Gasteiger partial charge in [0, 0.05) is 5.39 Å². The molecule has 13 nitrogen and oxygen atoms in total. The summed E-state index contributed by atoms with van der Waals surface area (Å²) in [5.74, 6) is -0.624. The number of fused-ring (bicyclic) bond motifs is 1.